The van der Waals surface area contributed by atoms with Gasteiger partial charge in [-0.1, -0.05) is 13.8 Å². The number of aromatic nitrogens is 4. The van der Waals surface area contributed by atoms with Gasteiger partial charge in [-0.15, -0.1) is 0 Å². The summed E-state index contributed by atoms with van der Waals surface area (Å²) in [5.41, 5.74) is 3.63. The van der Waals surface area contributed by atoms with Gasteiger partial charge in [-0.05, 0) is 19.8 Å². The molecular weight excluding hydrogens is 250 g/mol. The Labute approximate surface area is 121 Å². The second-order valence-corrected chi connectivity index (χ2v) is 5.22. The van der Waals surface area contributed by atoms with E-state index in [-0.39, 0.29) is 0 Å². The van der Waals surface area contributed by atoms with Crippen molar-refractivity contribution >= 4 is 0 Å². The van der Waals surface area contributed by atoms with Gasteiger partial charge in [0.15, 0.2) is 0 Å². The zero-order valence-electron chi connectivity index (χ0n) is 12.8. The molecule has 0 atom stereocenters. The van der Waals surface area contributed by atoms with Crippen LogP contribution in [0.15, 0.2) is 18.6 Å². The highest BCUT2D eigenvalue weighted by Gasteiger charge is 2.04. The number of hydrogen-bond donors (Lipinski definition) is 1. The van der Waals surface area contributed by atoms with Crippen LogP contribution in [0.1, 0.15) is 43.5 Å². The van der Waals surface area contributed by atoms with Gasteiger partial charge >= 0.3 is 0 Å². The van der Waals surface area contributed by atoms with E-state index in [1.165, 1.54) is 11.1 Å². The average Bonchev–Trinajstić information content (AvgIpc) is 2.99. The molecule has 0 fully saturated rings. The largest absolute Gasteiger partial charge is 0.308 e. The highest BCUT2D eigenvalue weighted by Crippen LogP contribution is 2.06. The molecule has 0 aromatic carbocycles. The fourth-order valence-electron chi connectivity index (χ4n) is 2.27. The van der Waals surface area contributed by atoms with Crippen molar-refractivity contribution in [2.75, 3.05) is 0 Å². The summed E-state index contributed by atoms with van der Waals surface area (Å²) in [5, 5.41) is 12.3. The van der Waals surface area contributed by atoms with Crippen molar-refractivity contribution in [2.45, 2.75) is 59.8 Å². The Morgan fingerprint density at radius 2 is 1.80 bits per heavy atom. The minimum absolute atomic E-state index is 0.849. The Morgan fingerprint density at radius 3 is 2.55 bits per heavy atom. The van der Waals surface area contributed by atoms with E-state index in [1.54, 1.807) is 0 Å². The van der Waals surface area contributed by atoms with Gasteiger partial charge < -0.3 is 5.32 Å². The number of rotatable bonds is 8. The predicted octanol–water partition coefficient (Wildman–Crippen LogP) is 2.50. The first-order valence-corrected chi connectivity index (χ1v) is 7.48. The average molecular weight is 275 g/mol. The number of aryl methyl sites for hydroxylation is 3. The van der Waals surface area contributed by atoms with Gasteiger partial charge in [-0.25, -0.2) is 0 Å². The number of nitrogens with zero attached hydrogens (tertiary/aromatic N) is 4. The fraction of sp³-hybridized carbons (Fsp3) is 0.600. The minimum atomic E-state index is 0.849. The van der Waals surface area contributed by atoms with Crippen molar-refractivity contribution in [3.8, 4) is 0 Å². The first-order chi connectivity index (χ1) is 9.72. The first-order valence-electron chi connectivity index (χ1n) is 7.48. The van der Waals surface area contributed by atoms with Gasteiger partial charge in [-0.3, -0.25) is 9.36 Å². The van der Waals surface area contributed by atoms with Crippen LogP contribution < -0.4 is 5.32 Å². The lowest BCUT2D eigenvalue weighted by Crippen LogP contribution is -2.12. The molecule has 0 radical (unpaired) electrons. The van der Waals surface area contributed by atoms with Crippen molar-refractivity contribution in [1.29, 1.82) is 0 Å². The van der Waals surface area contributed by atoms with Gasteiger partial charge in [-0.2, -0.15) is 10.2 Å². The molecule has 0 saturated carbocycles. The maximum atomic E-state index is 4.51. The number of hydrogen-bond acceptors (Lipinski definition) is 3. The molecule has 0 aliphatic heterocycles. The van der Waals surface area contributed by atoms with Crippen LogP contribution in [-0.4, -0.2) is 19.6 Å². The molecule has 0 bridgehead atoms. The molecule has 20 heavy (non-hydrogen) atoms. The summed E-state index contributed by atoms with van der Waals surface area (Å²) in [6.45, 7) is 10.1. The van der Waals surface area contributed by atoms with Crippen LogP contribution in [-0.2, 0) is 26.2 Å². The van der Waals surface area contributed by atoms with E-state index in [0.717, 1.165) is 44.7 Å². The molecule has 1 N–H and O–H groups in total. The van der Waals surface area contributed by atoms with Crippen LogP contribution >= 0.6 is 0 Å². The number of nitrogens with one attached hydrogen (secondary N) is 1. The zero-order chi connectivity index (χ0) is 14.4. The van der Waals surface area contributed by atoms with Gasteiger partial charge in [0.2, 0.25) is 0 Å². The lowest BCUT2D eigenvalue weighted by molar-refractivity contribution is 0.597. The topological polar surface area (TPSA) is 47.7 Å². The predicted molar refractivity (Wildman–Crippen MR) is 80.3 cm³/mol. The van der Waals surface area contributed by atoms with Gasteiger partial charge in [0.25, 0.3) is 0 Å². The van der Waals surface area contributed by atoms with E-state index in [0.29, 0.717) is 0 Å². The Hall–Kier alpha value is -1.62. The Bertz CT molecular complexity index is 526. The summed E-state index contributed by atoms with van der Waals surface area (Å²) in [5.74, 6) is 0. The molecule has 0 saturated heterocycles. The highest BCUT2D eigenvalue weighted by molar-refractivity contribution is 5.15. The SMILES string of the molecule is CCCn1cc(CNCc2cn(CCC)nc2C)cn1. The summed E-state index contributed by atoms with van der Waals surface area (Å²) in [4.78, 5) is 0. The molecule has 0 unspecified atom stereocenters. The molecule has 5 nitrogen and oxygen atoms in total. The standard InChI is InChI=1S/C15H25N5/c1-4-6-19-11-14(9-17-19)8-16-10-15-12-20(7-5-2)18-13(15)3/h9,11-12,16H,4-8,10H2,1-3H3. The molecule has 2 heterocycles. The molecular formula is C15H25N5. The molecule has 0 spiro atoms. The van der Waals surface area contributed by atoms with Crippen molar-refractivity contribution in [3.05, 3.63) is 35.4 Å². The lowest BCUT2D eigenvalue weighted by atomic mass is 10.2. The van der Waals surface area contributed by atoms with Crippen LogP contribution in [0.25, 0.3) is 0 Å². The van der Waals surface area contributed by atoms with Crippen LogP contribution in [0, 0.1) is 6.92 Å². The van der Waals surface area contributed by atoms with E-state index < -0.39 is 0 Å². The third kappa shape index (κ3) is 3.93. The van der Waals surface area contributed by atoms with Crippen LogP contribution in [0.3, 0.4) is 0 Å². The molecule has 0 aliphatic carbocycles. The van der Waals surface area contributed by atoms with Crippen molar-refractivity contribution in [3.63, 3.8) is 0 Å². The van der Waals surface area contributed by atoms with Crippen LogP contribution in [0.2, 0.25) is 0 Å². The maximum Gasteiger partial charge on any atom is 0.0638 e. The van der Waals surface area contributed by atoms with Gasteiger partial charge in [0, 0.05) is 49.7 Å². The second-order valence-electron chi connectivity index (χ2n) is 5.22. The highest BCUT2D eigenvalue weighted by atomic mass is 15.3. The van der Waals surface area contributed by atoms with E-state index in [1.807, 2.05) is 15.6 Å². The van der Waals surface area contributed by atoms with Crippen LogP contribution in [0.4, 0.5) is 0 Å². The summed E-state index contributed by atoms with van der Waals surface area (Å²) >= 11 is 0. The van der Waals surface area contributed by atoms with E-state index in [9.17, 15) is 0 Å². The summed E-state index contributed by atoms with van der Waals surface area (Å²) in [7, 11) is 0. The smallest absolute Gasteiger partial charge is 0.0638 e. The summed E-state index contributed by atoms with van der Waals surface area (Å²) in [6, 6.07) is 0. The van der Waals surface area contributed by atoms with Crippen molar-refractivity contribution < 1.29 is 0 Å². The van der Waals surface area contributed by atoms with E-state index in [2.05, 4.69) is 48.7 Å². The maximum absolute atomic E-state index is 4.51. The molecule has 5 heteroatoms. The second kappa shape index (κ2) is 7.24. The molecule has 0 amide bonds. The monoisotopic (exact) mass is 275 g/mol. The summed E-state index contributed by atoms with van der Waals surface area (Å²) < 4.78 is 4.03. The van der Waals surface area contributed by atoms with Gasteiger partial charge in [0.05, 0.1) is 11.9 Å². The first kappa shape index (κ1) is 14.8. The van der Waals surface area contributed by atoms with E-state index >= 15 is 0 Å². The minimum Gasteiger partial charge on any atom is -0.308 e. The van der Waals surface area contributed by atoms with E-state index in [4.69, 9.17) is 0 Å². The Kier molecular flexibility index (Phi) is 5.35. The summed E-state index contributed by atoms with van der Waals surface area (Å²) in [6.07, 6.45) is 8.43. The van der Waals surface area contributed by atoms with Crippen molar-refractivity contribution in [2.24, 2.45) is 0 Å². The molecule has 110 valence electrons. The third-order valence-corrected chi connectivity index (χ3v) is 3.28. The third-order valence-electron chi connectivity index (χ3n) is 3.28. The Morgan fingerprint density at radius 1 is 1.05 bits per heavy atom. The molecule has 2 rings (SSSR count). The quantitative estimate of drug-likeness (QED) is 0.805. The van der Waals surface area contributed by atoms with Crippen molar-refractivity contribution in [1.82, 2.24) is 24.9 Å². The normalized spacial score (nSPS) is 11.2. The van der Waals surface area contributed by atoms with Crippen LogP contribution in [0.5, 0.6) is 0 Å². The molecule has 2 aromatic rings. The van der Waals surface area contributed by atoms with Gasteiger partial charge in [0.1, 0.15) is 0 Å². The lowest BCUT2D eigenvalue weighted by Gasteiger charge is -2.01. The Balaban J connectivity index is 1.82. The zero-order valence-corrected chi connectivity index (χ0v) is 12.8. The fourth-order valence-corrected chi connectivity index (χ4v) is 2.27. The molecule has 0 aliphatic rings. The molecule has 2 aromatic heterocycles.